The van der Waals surface area contributed by atoms with Crippen LogP contribution in [0.1, 0.15) is 49.0 Å². The molecule has 0 heterocycles. The van der Waals surface area contributed by atoms with Gasteiger partial charge >= 0.3 is 0 Å². The SMILES string of the molecule is CC(C)[C@@H](Nc1c(Nc2cccc(C(=O)N(C)C)c2O)c(=O)c1=O)C(=O)C[C@@H](C)c1ccccc1. The molecule has 3 aromatic rings. The maximum absolute atomic E-state index is 13.2. The van der Waals surface area contributed by atoms with E-state index < -0.39 is 22.8 Å². The number of para-hydroxylation sites is 1. The maximum atomic E-state index is 13.2. The van der Waals surface area contributed by atoms with Crippen molar-refractivity contribution >= 4 is 28.8 Å². The predicted molar refractivity (Wildman–Crippen MR) is 137 cm³/mol. The Morgan fingerprint density at radius 3 is 2.14 bits per heavy atom. The number of amides is 1. The zero-order valence-corrected chi connectivity index (χ0v) is 20.6. The van der Waals surface area contributed by atoms with Crippen molar-refractivity contribution in [2.75, 3.05) is 24.7 Å². The normalized spacial score (nSPS) is 12.9. The summed E-state index contributed by atoms with van der Waals surface area (Å²) in [6, 6.07) is 13.5. The first-order valence-electron chi connectivity index (χ1n) is 11.5. The van der Waals surface area contributed by atoms with Gasteiger partial charge in [-0.2, -0.15) is 0 Å². The van der Waals surface area contributed by atoms with Gasteiger partial charge in [0.2, 0.25) is 0 Å². The van der Waals surface area contributed by atoms with Crippen molar-refractivity contribution in [3.05, 3.63) is 80.1 Å². The lowest BCUT2D eigenvalue weighted by atomic mass is 9.89. The van der Waals surface area contributed by atoms with Gasteiger partial charge in [0.05, 0.1) is 17.3 Å². The lowest BCUT2D eigenvalue weighted by molar-refractivity contribution is -0.120. The van der Waals surface area contributed by atoms with Crippen molar-refractivity contribution < 1.29 is 14.7 Å². The largest absolute Gasteiger partial charge is 0.505 e. The number of phenolic OH excluding ortho intramolecular Hbond substituents is 1. The summed E-state index contributed by atoms with van der Waals surface area (Å²) < 4.78 is 0. The molecule has 0 unspecified atom stereocenters. The van der Waals surface area contributed by atoms with Gasteiger partial charge in [-0.05, 0) is 29.5 Å². The maximum Gasteiger partial charge on any atom is 0.257 e. The van der Waals surface area contributed by atoms with E-state index in [1.165, 1.54) is 17.0 Å². The van der Waals surface area contributed by atoms with Gasteiger partial charge < -0.3 is 20.6 Å². The number of ketones is 1. The number of Topliss-reactive ketones (excluding diaryl/α,β-unsaturated/α-hetero) is 1. The minimum atomic E-state index is -0.760. The van der Waals surface area contributed by atoms with Gasteiger partial charge in [0.15, 0.2) is 11.5 Å². The number of carbonyl (C=O) groups is 2. The molecule has 8 nitrogen and oxygen atoms in total. The summed E-state index contributed by atoms with van der Waals surface area (Å²) in [4.78, 5) is 51.5. The summed E-state index contributed by atoms with van der Waals surface area (Å²) in [5.74, 6) is -0.967. The molecular formula is C27H31N3O5. The number of hydrogen-bond donors (Lipinski definition) is 3. The highest BCUT2D eigenvalue weighted by atomic mass is 16.3. The predicted octanol–water partition coefficient (Wildman–Crippen LogP) is 3.63. The highest BCUT2D eigenvalue weighted by molar-refractivity contribution is 5.99. The first-order valence-corrected chi connectivity index (χ1v) is 11.5. The van der Waals surface area contributed by atoms with Crippen LogP contribution in [0.25, 0.3) is 0 Å². The Balaban J connectivity index is 1.83. The number of aromatic hydroxyl groups is 1. The van der Waals surface area contributed by atoms with E-state index in [-0.39, 0.29) is 52.4 Å². The van der Waals surface area contributed by atoms with Crippen LogP contribution in [0.3, 0.4) is 0 Å². The zero-order chi connectivity index (χ0) is 25.9. The highest BCUT2D eigenvalue weighted by Crippen LogP contribution is 2.32. The summed E-state index contributed by atoms with van der Waals surface area (Å²) in [6.45, 7) is 5.70. The summed E-state index contributed by atoms with van der Waals surface area (Å²) in [7, 11) is 3.12. The standard InChI is InChI=1S/C27H31N3O5/c1-15(2)21(20(31)14-16(3)17-10-7-6-8-11-17)29-23-22(25(33)26(23)34)28-19-13-9-12-18(24(19)32)27(35)30(4)5/h6-13,15-16,21,28-29,32H,14H2,1-5H3/t16-,21-/m1/s1. The molecule has 0 aliphatic heterocycles. The Kier molecular flexibility index (Phi) is 7.74. The van der Waals surface area contributed by atoms with Crippen LogP contribution in [-0.2, 0) is 4.79 Å². The number of nitrogens with zero attached hydrogens (tertiary/aromatic N) is 1. The molecule has 2 atom stereocenters. The smallest absolute Gasteiger partial charge is 0.257 e. The summed E-state index contributed by atoms with van der Waals surface area (Å²) >= 11 is 0. The van der Waals surface area contributed by atoms with Gasteiger partial charge in [0, 0.05) is 20.5 Å². The molecule has 0 saturated heterocycles. The molecule has 0 fully saturated rings. The molecule has 3 rings (SSSR count). The monoisotopic (exact) mass is 477 g/mol. The number of nitrogens with one attached hydrogen (secondary N) is 2. The minimum absolute atomic E-state index is 0.00171. The molecule has 35 heavy (non-hydrogen) atoms. The zero-order valence-electron chi connectivity index (χ0n) is 20.6. The molecule has 8 heteroatoms. The number of benzene rings is 2. The molecule has 0 bridgehead atoms. The Morgan fingerprint density at radius 2 is 1.54 bits per heavy atom. The Morgan fingerprint density at radius 1 is 0.914 bits per heavy atom. The lowest BCUT2D eigenvalue weighted by Crippen LogP contribution is -2.43. The Hall–Kier alpha value is -3.94. The summed E-state index contributed by atoms with van der Waals surface area (Å²) in [5, 5.41) is 16.3. The van der Waals surface area contributed by atoms with E-state index in [2.05, 4.69) is 10.6 Å². The van der Waals surface area contributed by atoms with Crippen LogP contribution in [0.4, 0.5) is 17.1 Å². The molecule has 0 aromatic heterocycles. The quantitative estimate of drug-likeness (QED) is 0.302. The first kappa shape index (κ1) is 25.7. The lowest BCUT2D eigenvalue weighted by Gasteiger charge is -2.26. The molecule has 1 amide bonds. The van der Waals surface area contributed by atoms with Gasteiger partial charge in [-0.15, -0.1) is 0 Å². The van der Waals surface area contributed by atoms with Crippen LogP contribution in [0.2, 0.25) is 0 Å². The van der Waals surface area contributed by atoms with Crippen LogP contribution in [-0.4, -0.2) is 41.8 Å². The topological polar surface area (TPSA) is 116 Å². The molecule has 0 saturated carbocycles. The van der Waals surface area contributed by atoms with Gasteiger partial charge in [-0.1, -0.05) is 57.2 Å². The van der Waals surface area contributed by atoms with E-state index in [1.54, 1.807) is 20.2 Å². The highest BCUT2D eigenvalue weighted by Gasteiger charge is 2.30. The third-order valence-corrected chi connectivity index (χ3v) is 6.03. The molecular weight excluding hydrogens is 446 g/mol. The molecule has 0 aliphatic carbocycles. The third kappa shape index (κ3) is 5.42. The summed E-state index contributed by atoms with van der Waals surface area (Å²) in [5.41, 5.74) is -0.336. The average Bonchev–Trinajstić information content (AvgIpc) is 2.83. The van der Waals surface area contributed by atoms with Gasteiger partial charge in [0.1, 0.15) is 11.4 Å². The molecule has 0 spiro atoms. The third-order valence-electron chi connectivity index (χ3n) is 6.03. The van der Waals surface area contributed by atoms with Crippen LogP contribution in [0, 0.1) is 5.92 Å². The van der Waals surface area contributed by atoms with E-state index in [0.717, 1.165) is 5.56 Å². The fourth-order valence-electron chi connectivity index (χ4n) is 3.94. The number of hydrogen-bond acceptors (Lipinski definition) is 7. The molecule has 184 valence electrons. The Bertz CT molecular complexity index is 1290. The van der Waals surface area contributed by atoms with Crippen molar-refractivity contribution in [3.8, 4) is 5.75 Å². The molecule has 0 aliphatic rings. The van der Waals surface area contributed by atoms with Gasteiger partial charge in [-0.25, -0.2) is 0 Å². The van der Waals surface area contributed by atoms with E-state index in [9.17, 15) is 24.3 Å². The number of carbonyl (C=O) groups excluding carboxylic acids is 2. The molecule has 3 aromatic carbocycles. The van der Waals surface area contributed by atoms with Crippen molar-refractivity contribution in [2.45, 2.75) is 39.2 Å². The van der Waals surface area contributed by atoms with E-state index >= 15 is 0 Å². The van der Waals surface area contributed by atoms with Crippen LogP contribution >= 0.6 is 0 Å². The van der Waals surface area contributed by atoms with Crippen molar-refractivity contribution in [3.63, 3.8) is 0 Å². The number of rotatable bonds is 10. The molecule has 3 N–H and O–H groups in total. The van der Waals surface area contributed by atoms with Crippen LogP contribution < -0.4 is 21.5 Å². The average molecular weight is 478 g/mol. The van der Waals surface area contributed by atoms with Crippen molar-refractivity contribution in [1.29, 1.82) is 0 Å². The van der Waals surface area contributed by atoms with Crippen molar-refractivity contribution in [1.82, 2.24) is 4.90 Å². The van der Waals surface area contributed by atoms with E-state index in [1.807, 2.05) is 51.1 Å². The minimum Gasteiger partial charge on any atom is -0.505 e. The van der Waals surface area contributed by atoms with E-state index in [4.69, 9.17) is 0 Å². The number of anilines is 3. The summed E-state index contributed by atoms with van der Waals surface area (Å²) in [6.07, 6.45) is 0.271. The fraction of sp³-hybridized carbons (Fsp3) is 0.333. The second-order valence-electron chi connectivity index (χ2n) is 9.28. The van der Waals surface area contributed by atoms with Crippen LogP contribution in [0.15, 0.2) is 58.1 Å². The fourth-order valence-corrected chi connectivity index (χ4v) is 3.94. The second-order valence-corrected chi connectivity index (χ2v) is 9.28. The second kappa shape index (κ2) is 10.5. The van der Waals surface area contributed by atoms with Gasteiger partial charge in [0.25, 0.3) is 16.8 Å². The van der Waals surface area contributed by atoms with Crippen LogP contribution in [0.5, 0.6) is 5.75 Å². The Labute approximate surface area is 204 Å². The number of phenols is 1. The van der Waals surface area contributed by atoms with Crippen molar-refractivity contribution in [2.24, 2.45) is 5.92 Å². The van der Waals surface area contributed by atoms with Gasteiger partial charge in [-0.3, -0.25) is 19.2 Å². The first-order chi connectivity index (χ1) is 16.5. The van der Waals surface area contributed by atoms with E-state index in [0.29, 0.717) is 0 Å². The molecule has 0 radical (unpaired) electrons.